The van der Waals surface area contributed by atoms with E-state index in [2.05, 4.69) is 14.5 Å². The Labute approximate surface area is 184 Å². The van der Waals surface area contributed by atoms with Crippen molar-refractivity contribution in [2.45, 2.75) is 33.2 Å². The summed E-state index contributed by atoms with van der Waals surface area (Å²) in [5, 5.41) is 0. The smallest absolute Gasteiger partial charge is 0.307 e. The van der Waals surface area contributed by atoms with Gasteiger partial charge in [-0.25, -0.2) is 9.97 Å². The molecule has 160 valence electrons. The lowest BCUT2D eigenvalue weighted by molar-refractivity contribution is -0.689. The molecule has 3 heterocycles. The van der Waals surface area contributed by atoms with Crippen LogP contribution in [-0.2, 0) is 32.1 Å². The number of rotatable bonds is 8. The molecule has 9 nitrogen and oxygen atoms in total. The molecule has 0 spiro atoms. The van der Waals surface area contributed by atoms with Gasteiger partial charge in [-0.1, -0.05) is 11.3 Å². The molecule has 0 unspecified atom stereocenters. The van der Waals surface area contributed by atoms with Gasteiger partial charge < -0.3 is 10.5 Å². The fourth-order valence-corrected chi connectivity index (χ4v) is 3.83. The van der Waals surface area contributed by atoms with E-state index in [1.807, 2.05) is 12.4 Å². The Hall–Kier alpha value is -2.85. The van der Waals surface area contributed by atoms with Crippen LogP contribution in [0, 0.1) is 13.8 Å². The summed E-state index contributed by atoms with van der Waals surface area (Å²) in [6.45, 7) is 4.62. The molecule has 0 aliphatic carbocycles. The Bertz CT molecular complexity index is 973. The quantitative estimate of drug-likeness (QED) is 0.359. The molecule has 0 fully saturated rings. The first-order valence-corrected chi connectivity index (χ1v) is 9.96. The zero-order chi connectivity index (χ0) is 21.0. The second-order valence-electron chi connectivity index (χ2n) is 6.57. The second-order valence-corrected chi connectivity index (χ2v) is 7.51. The van der Waals surface area contributed by atoms with Crippen molar-refractivity contribution in [3.05, 3.63) is 45.8 Å². The van der Waals surface area contributed by atoms with Gasteiger partial charge in [-0.2, -0.15) is 4.57 Å². The summed E-state index contributed by atoms with van der Waals surface area (Å²) < 4.78 is 7.30. The molecule has 3 rings (SSSR count). The van der Waals surface area contributed by atoms with Crippen molar-refractivity contribution in [1.82, 2.24) is 14.9 Å². The molecule has 0 radical (unpaired) electrons. The number of halogens is 1. The van der Waals surface area contributed by atoms with Crippen molar-refractivity contribution >= 4 is 47.3 Å². The Balaban J connectivity index is 0.00000320. The maximum Gasteiger partial charge on any atom is 0.307 e. The number of ether oxygens (including phenoxy) is 1. The van der Waals surface area contributed by atoms with Gasteiger partial charge in [0.2, 0.25) is 5.51 Å². The molecule has 30 heavy (non-hydrogen) atoms. The highest BCUT2D eigenvalue weighted by molar-refractivity contribution is 7.09. The fraction of sp³-hybridized carbons (Fsp3) is 0.368. The van der Waals surface area contributed by atoms with E-state index in [1.54, 1.807) is 24.5 Å². The number of imide groups is 1. The summed E-state index contributed by atoms with van der Waals surface area (Å²) in [7, 11) is 0. The molecule has 11 heteroatoms. The van der Waals surface area contributed by atoms with Gasteiger partial charge in [-0.15, -0.1) is 12.4 Å². The maximum absolute atomic E-state index is 11.9. The van der Waals surface area contributed by atoms with Gasteiger partial charge in [0, 0.05) is 38.2 Å². The van der Waals surface area contributed by atoms with E-state index in [-0.39, 0.29) is 32.0 Å². The molecular weight excluding hydrogens is 430 g/mol. The number of nitrogen functional groups attached to an aromatic ring is 1. The molecule has 2 aromatic heterocycles. The van der Waals surface area contributed by atoms with Gasteiger partial charge in [0.15, 0.2) is 12.2 Å². The number of aryl methyl sites for hydroxylation is 1. The minimum Gasteiger partial charge on any atom is -0.465 e. The first-order valence-electron chi connectivity index (χ1n) is 9.08. The third-order valence-corrected chi connectivity index (χ3v) is 5.69. The minimum atomic E-state index is -0.441. The number of aromatic nitrogens is 3. The molecular formula is C19H23ClN5O4S+. The summed E-state index contributed by atoms with van der Waals surface area (Å²) in [4.78, 5) is 45.3. The van der Waals surface area contributed by atoms with Crippen LogP contribution in [0.2, 0.25) is 0 Å². The number of anilines is 1. The average Bonchev–Trinajstić information content (AvgIpc) is 3.18. The van der Waals surface area contributed by atoms with Crippen LogP contribution >= 0.6 is 23.7 Å². The van der Waals surface area contributed by atoms with Gasteiger partial charge in [0.1, 0.15) is 11.6 Å². The molecule has 0 saturated carbocycles. The number of nitrogens with two attached hydrogens (primary N) is 1. The number of amides is 2. The molecule has 2 amide bonds. The predicted molar refractivity (Wildman–Crippen MR) is 112 cm³/mol. The fourth-order valence-electron chi connectivity index (χ4n) is 2.85. The largest absolute Gasteiger partial charge is 0.465 e. The standard InChI is InChI=1S/C19H22N5O4S.ClH/c1-12-15(29-11-23(12)10-14-9-21-13(2)22-19(14)20)6-8-28-18(27)5-7-24-16(25)3-4-17(24)26;/h3-4,9,11H,5-8,10H2,1-2H3,(H2,20,21,22);1H/q+1;. The lowest BCUT2D eigenvalue weighted by Gasteiger charge is -2.12. The SMILES string of the molecule is Cc1ncc(C[n+]2csc(CCOC(=O)CCN3C(=O)C=CC3=O)c2C)c(N)n1.Cl. The van der Waals surface area contributed by atoms with Crippen molar-refractivity contribution in [3.8, 4) is 0 Å². The van der Waals surface area contributed by atoms with E-state index >= 15 is 0 Å². The molecule has 2 aromatic rings. The Morgan fingerprint density at radius 2 is 1.97 bits per heavy atom. The van der Waals surface area contributed by atoms with Crippen molar-refractivity contribution in [1.29, 1.82) is 0 Å². The topological polar surface area (TPSA) is 119 Å². The zero-order valence-electron chi connectivity index (χ0n) is 16.7. The van der Waals surface area contributed by atoms with Crippen LogP contribution in [-0.4, -0.2) is 45.8 Å². The number of nitrogens with zero attached hydrogens (tertiary/aromatic N) is 4. The number of esters is 1. The monoisotopic (exact) mass is 452 g/mol. The van der Waals surface area contributed by atoms with E-state index in [1.165, 1.54) is 12.2 Å². The number of carbonyl (C=O) groups excluding carboxylic acids is 3. The van der Waals surface area contributed by atoms with Gasteiger partial charge in [0.25, 0.3) is 11.8 Å². The van der Waals surface area contributed by atoms with Crippen molar-refractivity contribution in [3.63, 3.8) is 0 Å². The van der Waals surface area contributed by atoms with Crippen molar-refractivity contribution < 1.29 is 23.7 Å². The van der Waals surface area contributed by atoms with Crippen LogP contribution in [0.15, 0.2) is 23.9 Å². The molecule has 0 bridgehead atoms. The number of hydrogen-bond donors (Lipinski definition) is 1. The Morgan fingerprint density at radius 3 is 2.63 bits per heavy atom. The minimum absolute atomic E-state index is 0. The molecule has 0 saturated heterocycles. The second kappa shape index (κ2) is 10.3. The highest BCUT2D eigenvalue weighted by Gasteiger charge is 2.24. The number of hydrogen-bond acceptors (Lipinski definition) is 8. The van der Waals surface area contributed by atoms with Crippen molar-refractivity contribution in [2.75, 3.05) is 18.9 Å². The normalized spacial score (nSPS) is 12.9. The highest BCUT2D eigenvalue weighted by atomic mass is 35.5. The number of thiazole rings is 1. The van der Waals surface area contributed by atoms with E-state index in [9.17, 15) is 14.4 Å². The highest BCUT2D eigenvalue weighted by Crippen LogP contribution is 2.14. The molecule has 1 aliphatic heterocycles. The van der Waals surface area contributed by atoms with E-state index in [4.69, 9.17) is 10.5 Å². The third-order valence-electron chi connectivity index (χ3n) is 4.55. The van der Waals surface area contributed by atoms with Crippen LogP contribution in [0.3, 0.4) is 0 Å². The third kappa shape index (κ3) is 5.61. The van der Waals surface area contributed by atoms with Crippen LogP contribution in [0.5, 0.6) is 0 Å². The average molecular weight is 453 g/mol. The Morgan fingerprint density at radius 1 is 1.27 bits per heavy atom. The molecule has 2 N–H and O–H groups in total. The van der Waals surface area contributed by atoms with Crippen LogP contribution in [0.1, 0.15) is 28.4 Å². The van der Waals surface area contributed by atoms with E-state index < -0.39 is 17.8 Å². The van der Waals surface area contributed by atoms with Crippen LogP contribution in [0.4, 0.5) is 5.82 Å². The van der Waals surface area contributed by atoms with Gasteiger partial charge >= 0.3 is 5.97 Å². The first kappa shape index (κ1) is 23.4. The Kier molecular flexibility index (Phi) is 8.01. The van der Waals surface area contributed by atoms with Crippen molar-refractivity contribution in [2.24, 2.45) is 0 Å². The lowest BCUT2D eigenvalue weighted by atomic mass is 10.2. The molecule has 1 aliphatic rings. The van der Waals surface area contributed by atoms with E-state index in [0.717, 1.165) is 21.0 Å². The summed E-state index contributed by atoms with van der Waals surface area (Å²) >= 11 is 1.57. The predicted octanol–water partition coefficient (Wildman–Crippen LogP) is 0.896. The lowest BCUT2D eigenvalue weighted by Crippen LogP contribution is -2.35. The summed E-state index contributed by atoms with van der Waals surface area (Å²) in [6, 6.07) is 0. The zero-order valence-corrected chi connectivity index (χ0v) is 18.3. The first-order chi connectivity index (χ1) is 13.8. The maximum atomic E-state index is 11.9. The summed E-state index contributed by atoms with van der Waals surface area (Å²) in [6.07, 6.45) is 4.68. The summed E-state index contributed by atoms with van der Waals surface area (Å²) in [5.74, 6) is -0.140. The van der Waals surface area contributed by atoms with Gasteiger partial charge in [-0.3, -0.25) is 19.3 Å². The summed E-state index contributed by atoms with van der Waals surface area (Å²) in [5.41, 5.74) is 9.86. The van der Waals surface area contributed by atoms with Gasteiger partial charge in [0.05, 0.1) is 23.5 Å². The number of carbonyl (C=O) groups is 3. The van der Waals surface area contributed by atoms with Gasteiger partial charge in [-0.05, 0) is 6.92 Å². The molecule has 0 aromatic carbocycles. The van der Waals surface area contributed by atoms with Crippen LogP contribution < -0.4 is 10.3 Å². The van der Waals surface area contributed by atoms with Crippen LogP contribution in [0.25, 0.3) is 0 Å². The van der Waals surface area contributed by atoms with E-state index in [0.29, 0.717) is 24.6 Å². The molecule has 0 atom stereocenters.